The van der Waals surface area contributed by atoms with Crippen molar-refractivity contribution >= 4 is 65.0 Å². The zero-order chi connectivity index (χ0) is 16.1. The Balaban J connectivity index is 0.00000156. The van der Waals surface area contributed by atoms with Gasteiger partial charge in [-0.15, -0.1) is 47.5 Å². The highest BCUT2D eigenvalue weighted by Gasteiger charge is 2.12. The molecule has 2 N–H and O–H groups in total. The fraction of sp³-hybridized carbons (Fsp3) is 0.467. The van der Waals surface area contributed by atoms with Gasteiger partial charge in [0.25, 0.3) is 0 Å². The van der Waals surface area contributed by atoms with Gasteiger partial charge in [-0.1, -0.05) is 11.6 Å². The van der Waals surface area contributed by atoms with Crippen molar-refractivity contribution in [3.05, 3.63) is 27.5 Å². The van der Waals surface area contributed by atoms with Crippen LogP contribution >= 0.6 is 59.1 Å². The Kier molecular flexibility index (Phi) is 10.3. The average molecular weight is 444 g/mol. The minimum atomic E-state index is 0. The minimum Gasteiger partial charge on any atom is -0.354 e. The van der Waals surface area contributed by atoms with Crippen molar-refractivity contribution in [3.63, 3.8) is 0 Å². The number of hydrogen-bond acceptors (Lipinski definition) is 6. The lowest BCUT2D eigenvalue weighted by Gasteiger charge is -2.27. The third kappa shape index (κ3) is 7.02. The van der Waals surface area contributed by atoms with E-state index in [0.29, 0.717) is 13.0 Å². The van der Waals surface area contributed by atoms with Crippen LogP contribution in [0.5, 0.6) is 0 Å². The van der Waals surface area contributed by atoms with Crippen LogP contribution in [-0.2, 0) is 11.2 Å². The summed E-state index contributed by atoms with van der Waals surface area (Å²) < 4.78 is 0.752. The van der Waals surface area contributed by atoms with E-state index in [4.69, 9.17) is 11.6 Å². The van der Waals surface area contributed by atoms with Crippen LogP contribution in [0.4, 0.5) is 0 Å². The van der Waals surface area contributed by atoms with Gasteiger partial charge in [0, 0.05) is 44.6 Å². The number of halogens is 3. The first-order chi connectivity index (χ1) is 11.2. The van der Waals surface area contributed by atoms with Crippen LogP contribution in [0.25, 0.3) is 9.88 Å². The van der Waals surface area contributed by atoms with E-state index in [1.54, 1.807) is 11.3 Å². The Bertz CT molecular complexity index is 659. The van der Waals surface area contributed by atoms with Crippen molar-refractivity contribution < 1.29 is 4.79 Å². The first-order valence-corrected chi connectivity index (χ1v) is 9.68. The van der Waals surface area contributed by atoms with Gasteiger partial charge in [0.1, 0.15) is 5.01 Å². The lowest BCUT2D eigenvalue weighted by molar-refractivity contribution is -0.120. The third-order valence-corrected chi connectivity index (χ3v) is 5.93. The zero-order valence-electron chi connectivity index (χ0n) is 13.5. The summed E-state index contributed by atoms with van der Waals surface area (Å²) in [6.07, 6.45) is 0.331. The molecular weight excluding hydrogens is 423 g/mol. The van der Waals surface area contributed by atoms with Crippen LogP contribution in [0.1, 0.15) is 5.69 Å². The Morgan fingerprint density at radius 3 is 2.76 bits per heavy atom. The van der Waals surface area contributed by atoms with E-state index < -0.39 is 0 Å². The highest BCUT2D eigenvalue weighted by atomic mass is 35.5. The Hall–Kier alpha value is -0.410. The highest BCUT2D eigenvalue weighted by molar-refractivity contribution is 7.23. The molecule has 2 aromatic rings. The minimum absolute atomic E-state index is 0. The predicted octanol–water partition coefficient (Wildman–Crippen LogP) is 2.93. The number of piperazine rings is 1. The molecule has 1 aliphatic heterocycles. The summed E-state index contributed by atoms with van der Waals surface area (Å²) in [7, 11) is 0. The number of thiophene rings is 1. The molecule has 0 aromatic carbocycles. The number of nitrogens with one attached hydrogen (secondary N) is 2. The van der Waals surface area contributed by atoms with Gasteiger partial charge in [-0.05, 0) is 12.1 Å². The maximum Gasteiger partial charge on any atom is 0.226 e. The second-order valence-corrected chi connectivity index (χ2v) is 7.94. The first-order valence-electron chi connectivity index (χ1n) is 7.60. The molecule has 5 nitrogen and oxygen atoms in total. The molecule has 0 radical (unpaired) electrons. The number of hydrogen-bond donors (Lipinski definition) is 2. The Morgan fingerprint density at radius 1 is 1.32 bits per heavy atom. The molecule has 1 amide bonds. The largest absolute Gasteiger partial charge is 0.354 e. The number of aromatic nitrogens is 1. The average Bonchev–Trinajstić information content (AvgIpc) is 3.17. The normalized spacial score (nSPS) is 14.4. The van der Waals surface area contributed by atoms with Crippen molar-refractivity contribution in [2.45, 2.75) is 6.42 Å². The summed E-state index contributed by atoms with van der Waals surface area (Å²) in [4.78, 5) is 19.9. The maximum atomic E-state index is 12.0. The van der Waals surface area contributed by atoms with Gasteiger partial charge in [-0.2, -0.15) is 0 Å². The third-order valence-electron chi connectivity index (χ3n) is 3.64. The second-order valence-electron chi connectivity index (χ2n) is 5.37. The number of nitrogens with zero attached hydrogens (tertiary/aromatic N) is 2. The monoisotopic (exact) mass is 442 g/mol. The van der Waals surface area contributed by atoms with Gasteiger partial charge >= 0.3 is 0 Å². The summed E-state index contributed by atoms with van der Waals surface area (Å²) in [5.74, 6) is 0.0289. The molecule has 0 aliphatic carbocycles. The fourth-order valence-corrected chi connectivity index (χ4v) is 4.38. The molecule has 0 atom stereocenters. The van der Waals surface area contributed by atoms with E-state index in [2.05, 4.69) is 20.5 Å². The maximum absolute atomic E-state index is 12.0. The van der Waals surface area contributed by atoms with Gasteiger partial charge in [-0.3, -0.25) is 9.69 Å². The molecule has 0 bridgehead atoms. The Morgan fingerprint density at radius 2 is 2.08 bits per heavy atom. The molecule has 0 unspecified atom stereocenters. The van der Waals surface area contributed by atoms with Crippen LogP contribution in [0.3, 0.4) is 0 Å². The number of rotatable bonds is 6. The second kappa shape index (κ2) is 11.3. The van der Waals surface area contributed by atoms with E-state index in [-0.39, 0.29) is 30.7 Å². The van der Waals surface area contributed by atoms with Crippen molar-refractivity contribution in [3.8, 4) is 9.88 Å². The quantitative estimate of drug-likeness (QED) is 0.721. The van der Waals surface area contributed by atoms with Crippen LogP contribution in [0, 0.1) is 0 Å². The number of carbonyl (C=O) groups is 1. The van der Waals surface area contributed by atoms with Crippen molar-refractivity contribution in [2.75, 3.05) is 39.3 Å². The number of carbonyl (C=O) groups excluding carboxylic acids is 1. The van der Waals surface area contributed by atoms with Gasteiger partial charge in [0.2, 0.25) is 5.91 Å². The van der Waals surface area contributed by atoms with Crippen LogP contribution in [-0.4, -0.2) is 55.1 Å². The van der Waals surface area contributed by atoms with E-state index >= 15 is 0 Å². The molecule has 25 heavy (non-hydrogen) atoms. The molecular formula is C15H21Cl3N4OS2. The summed E-state index contributed by atoms with van der Waals surface area (Å²) in [6, 6.07) is 3.83. The fourth-order valence-electron chi connectivity index (χ4n) is 2.45. The SMILES string of the molecule is Cl.Cl.O=C(Cc1csc(-c2ccc(Cl)s2)n1)NCCN1CCNCC1. The molecule has 10 heteroatoms. The molecule has 140 valence electrons. The molecule has 2 aromatic heterocycles. The standard InChI is InChI=1S/C15H19ClN4OS2.2ClH/c16-13-2-1-12(23-13)15-19-11(10-22-15)9-14(21)18-5-8-20-6-3-17-4-7-20;;/h1-2,10,17H,3-9H2,(H,18,21);2*1H. The van der Waals surface area contributed by atoms with Crippen LogP contribution < -0.4 is 10.6 Å². The van der Waals surface area contributed by atoms with E-state index in [1.807, 2.05) is 17.5 Å². The summed E-state index contributed by atoms with van der Waals surface area (Å²) in [6.45, 7) is 5.76. The molecule has 0 saturated carbocycles. The van der Waals surface area contributed by atoms with Gasteiger partial charge < -0.3 is 10.6 Å². The first kappa shape index (κ1) is 22.6. The molecule has 3 rings (SSSR count). The number of amides is 1. The lowest BCUT2D eigenvalue weighted by atomic mass is 10.3. The summed E-state index contributed by atoms with van der Waals surface area (Å²) >= 11 is 9.00. The predicted molar refractivity (Wildman–Crippen MR) is 111 cm³/mol. The van der Waals surface area contributed by atoms with E-state index in [1.165, 1.54) is 11.3 Å². The van der Waals surface area contributed by atoms with E-state index in [0.717, 1.165) is 52.6 Å². The summed E-state index contributed by atoms with van der Waals surface area (Å²) in [5, 5.41) is 9.16. The van der Waals surface area contributed by atoms with Gasteiger partial charge in [-0.25, -0.2) is 4.98 Å². The van der Waals surface area contributed by atoms with Crippen molar-refractivity contribution in [2.24, 2.45) is 0 Å². The molecule has 1 aliphatic rings. The number of thiazole rings is 1. The topological polar surface area (TPSA) is 57.3 Å². The van der Waals surface area contributed by atoms with Crippen LogP contribution in [0.15, 0.2) is 17.5 Å². The Labute approximate surface area is 173 Å². The molecule has 1 saturated heterocycles. The molecule has 0 spiro atoms. The van der Waals surface area contributed by atoms with Crippen molar-refractivity contribution in [1.29, 1.82) is 0 Å². The lowest BCUT2D eigenvalue weighted by Crippen LogP contribution is -2.46. The van der Waals surface area contributed by atoms with Crippen molar-refractivity contribution in [1.82, 2.24) is 20.5 Å². The van der Waals surface area contributed by atoms with Gasteiger partial charge in [0.05, 0.1) is 21.3 Å². The molecule has 1 fully saturated rings. The summed E-state index contributed by atoms with van der Waals surface area (Å²) in [5.41, 5.74) is 0.814. The highest BCUT2D eigenvalue weighted by Crippen LogP contribution is 2.32. The zero-order valence-corrected chi connectivity index (χ0v) is 17.5. The van der Waals surface area contributed by atoms with Gasteiger partial charge in [0.15, 0.2) is 0 Å². The smallest absolute Gasteiger partial charge is 0.226 e. The van der Waals surface area contributed by atoms with Crippen LogP contribution in [0.2, 0.25) is 4.34 Å². The molecule has 3 heterocycles. The van der Waals surface area contributed by atoms with E-state index in [9.17, 15) is 4.79 Å².